The topological polar surface area (TPSA) is 73.2 Å². The van der Waals surface area contributed by atoms with Crippen LogP contribution >= 0.6 is 11.3 Å². The summed E-state index contributed by atoms with van der Waals surface area (Å²) in [4.78, 5) is 28.0. The van der Waals surface area contributed by atoms with Crippen LogP contribution in [-0.2, 0) is 17.9 Å². The third-order valence-electron chi connectivity index (χ3n) is 4.42. The summed E-state index contributed by atoms with van der Waals surface area (Å²) in [6, 6.07) is 11.4. The lowest BCUT2D eigenvalue weighted by atomic mass is 10.1. The SMILES string of the molecule is Cc1csc(=O)n1CCC(=O)NC(C)c1ccc(OCc2cccnc2)cc1. The molecule has 6 nitrogen and oxygen atoms in total. The molecule has 2 heterocycles. The Morgan fingerprint density at radius 2 is 2.07 bits per heavy atom. The van der Waals surface area contributed by atoms with Gasteiger partial charge < -0.3 is 14.6 Å². The molecule has 7 heteroatoms. The van der Waals surface area contributed by atoms with Crippen LogP contribution < -0.4 is 14.9 Å². The quantitative estimate of drug-likeness (QED) is 0.632. The molecule has 146 valence electrons. The summed E-state index contributed by atoms with van der Waals surface area (Å²) in [5.41, 5.74) is 2.89. The summed E-state index contributed by atoms with van der Waals surface area (Å²) in [6.07, 6.45) is 3.78. The van der Waals surface area contributed by atoms with E-state index in [1.165, 1.54) is 0 Å². The van der Waals surface area contributed by atoms with Gasteiger partial charge in [0.2, 0.25) is 5.91 Å². The monoisotopic (exact) mass is 397 g/mol. The lowest BCUT2D eigenvalue weighted by molar-refractivity contribution is -0.121. The van der Waals surface area contributed by atoms with Crippen molar-refractivity contribution >= 4 is 17.2 Å². The second-order valence-corrected chi connectivity index (χ2v) is 7.37. The van der Waals surface area contributed by atoms with Gasteiger partial charge in [-0.05, 0) is 37.6 Å². The van der Waals surface area contributed by atoms with Gasteiger partial charge in [-0.1, -0.05) is 29.5 Å². The van der Waals surface area contributed by atoms with Gasteiger partial charge in [-0.2, -0.15) is 0 Å². The van der Waals surface area contributed by atoms with Crippen molar-refractivity contribution in [2.75, 3.05) is 0 Å². The molecule has 1 atom stereocenters. The highest BCUT2D eigenvalue weighted by Crippen LogP contribution is 2.18. The number of ether oxygens (including phenoxy) is 1. The molecular weight excluding hydrogens is 374 g/mol. The van der Waals surface area contributed by atoms with Crippen molar-refractivity contribution in [1.29, 1.82) is 0 Å². The first-order valence-corrected chi connectivity index (χ1v) is 9.97. The fraction of sp³-hybridized carbons (Fsp3) is 0.286. The van der Waals surface area contributed by atoms with E-state index in [4.69, 9.17) is 4.74 Å². The smallest absolute Gasteiger partial charge is 0.307 e. The number of benzene rings is 1. The molecule has 0 aliphatic carbocycles. The summed E-state index contributed by atoms with van der Waals surface area (Å²) in [5.74, 6) is 0.681. The van der Waals surface area contributed by atoms with Gasteiger partial charge in [-0.3, -0.25) is 14.6 Å². The molecule has 3 aromatic rings. The Kier molecular flexibility index (Phi) is 6.60. The lowest BCUT2D eigenvalue weighted by Crippen LogP contribution is -2.28. The number of pyridine rings is 1. The Morgan fingerprint density at radius 1 is 1.29 bits per heavy atom. The minimum atomic E-state index is -0.125. The predicted octanol–water partition coefficient (Wildman–Crippen LogP) is 3.46. The molecule has 3 rings (SSSR count). The first-order chi connectivity index (χ1) is 13.5. The molecule has 1 amide bonds. The van der Waals surface area contributed by atoms with E-state index in [9.17, 15) is 9.59 Å². The number of hydrogen-bond donors (Lipinski definition) is 1. The average molecular weight is 398 g/mol. The summed E-state index contributed by atoms with van der Waals surface area (Å²) >= 11 is 1.16. The largest absolute Gasteiger partial charge is 0.489 e. The maximum atomic E-state index is 12.2. The second-order valence-electron chi connectivity index (χ2n) is 6.55. The molecule has 1 aromatic carbocycles. The molecule has 1 unspecified atom stereocenters. The first-order valence-electron chi connectivity index (χ1n) is 9.09. The number of thiazole rings is 1. The number of carbonyl (C=O) groups is 1. The van der Waals surface area contributed by atoms with Crippen LogP contribution in [-0.4, -0.2) is 15.5 Å². The van der Waals surface area contributed by atoms with Crippen molar-refractivity contribution in [2.24, 2.45) is 0 Å². The van der Waals surface area contributed by atoms with Crippen molar-refractivity contribution in [2.45, 2.75) is 39.5 Å². The van der Waals surface area contributed by atoms with Gasteiger partial charge in [0, 0.05) is 42.0 Å². The van der Waals surface area contributed by atoms with Crippen LogP contribution in [0, 0.1) is 6.92 Å². The van der Waals surface area contributed by atoms with E-state index in [2.05, 4.69) is 10.3 Å². The molecule has 0 aliphatic rings. The highest BCUT2D eigenvalue weighted by Gasteiger charge is 2.11. The Balaban J connectivity index is 1.49. The molecule has 0 saturated carbocycles. The second kappa shape index (κ2) is 9.32. The van der Waals surface area contributed by atoms with Gasteiger partial charge in [-0.25, -0.2) is 0 Å². The molecule has 28 heavy (non-hydrogen) atoms. The van der Waals surface area contributed by atoms with E-state index in [0.717, 1.165) is 33.9 Å². The van der Waals surface area contributed by atoms with E-state index in [-0.39, 0.29) is 23.2 Å². The zero-order chi connectivity index (χ0) is 19.9. The van der Waals surface area contributed by atoms with E-state index < -0.39 is 0 Å². The number of nitrogens with zero attached hydrogens (tertiary/aromatic N) is 2. The third kappa shape index (κ3) is 5.29. The van der Waals surface area contributed by atoms with Crippen LogP contribution in [0.5, 0.6) is 5.75 Å². The molecule has 0 radical (unpaired) electrons. The molecule has 0 saturated heterocycles. The van der Waals surface area contributed by atoms with Gasteiger partial charge in [0.05, 0.1) is 6.04 Å². The van der Waals surface area contributed by atoms with E-state index >= 15 is 0 Å². The van der Waals surface area contributed by atoms with Crippen LogP contribution in [0.4, 0.5) is 0 Å². The third-order valence-corrected chi connectivity index (χ3v) is 5.31. The fourth-order valence-corrected chi connectivity index (χ4v) is 3.55. The predicted molar refractivity (Wildman–Crippen MR) is 110 cm³/mol. The van der Waals surface area contributed by atoms with Crippen molar-refractivity contribution in [3.05, 3.63) is 80.7 Å². The molecule has 0 fully saturated rings. The summed E-state index contributed by atoms with van der Waals surface area (Å²) < 4.78 is 7.38. The molecule has 0 bridgehead atoms. The number of carbonyl (C=O) groups excluding carboxylic acids is 1. The molecule has 1 N–H and O–H groups in total. The van der Waals surface area contributed by atoms with Gasteiger partial charge >= 0.3 is 4.87 Å². The number of amides is 1. The Hall–Kier alpha value is -2.93. The van der Waals surface area contributed by atoms with Crippen LogP contribution in [0.1, 0.15) is 36.2 Å². The van der Waals surface area contributed by atoms with Crippen molar-refractivity contribution in [3.63, 3.8) is 0 Å². The van der Waals surface area contributed by atoms with Crippen molar-refractivity contribution in [3.8, 4) is 5.75 Å². The Labute approximate surface area is 167 Å². The van der Waals surface area contributed by atoms with Crippen molar-refractivity contribution < 1.29 is 9.53 Å². The van der Waals surface area contributed by atoms with Gasteiger partial charge in [0.15, 0.2) is 0 Å². The number of nitrogens with one attached hydrogen (secondary N) is 1. The fourth-order valence-electron chi connectivity index (χ4n) is 2.79. The maximum Gasteiger partial charge on any atom is 0.307 e. The summed E-state index contributed by atoms with van der Waals surface area (Å²) in [7, 11) is 0. The number of rotatable bonds is 8. The van der Waals surface area contributed by atoms with Crippen LogP contribution in [0.3, 0.4) is 0 Å². The van der Waals surface area contributed by atoms with E-state index in [1.54, 1.807) is 22.3 Å². The number of aromatic nitrogens is 2. The van der Waals surface area contributed by atoms with Crippen molar-refractivity contribution in [1.82, 2.24) is 14.9 Å². The first kappa shape index (κ1) is 19.8. The standard InChI is InChI=1S/C21H23N3O3S/c1-15-14-28-21(26)24(15)11-9-20(25)23-16(2)18-5-7-19(8-6-18)27-13-17-4-3-10-22-12-17/h3-8,10,12,14,16H,9,11,13H2,1-2H3,(H,23,25). The van der Waals surface area contributed by atoms with Crippen LogP contribution in [0.2, 0.25) is 0 Å². The lowest BCUT2D eigenvalue weighted by Gasteiger charge is -2.15. The molecule has 2 aromatic heterocycles. The van der Waals surface area contributed by atoms with Gasteiger partial charge in [0.25, 0.3) is 0 Å². The van der Waals surface area contributed by atoms with E-state index in [1.807, 2.05) is 50.2 Å². The van der Waals surface area contributed by atoms with Crippen LogP contribution in [0.15, 0.2) is 59.0 Å². The van der Waals surface area contributed by atoms with Gasteiger partial charge in [0.1, 0.15) is 12.4 Å². The highest BCUT2D eigenvalue weighted by molar-refractivity contribution is 7.07. The maximum absolute atomic E-state index is 12.2. The highest BCUT2D eigenvalue weighted by atomic mass is 32.1. The average Bonchev–Trinajstić information content (AvgIpc) is 3.03. The molecule has 0 spiro atoms. The normalized spacial score (nSPS) is 11.8. The van der Waals surface area contributed by atoms with Gasteiger partial charge in [-0.15, -0.1) is 0 Å². The summed E-state index contributed by atoms with van der Waals surface area (Å²) in [6.45, 7) is 4.66. The Bertz CT molecular complexity index is 965. The minimum absolute atomic E-state index is 0.0276. The zero-order valence-electron chi connectivity index (χ0n) is 15.9. The number of aryl methyl sites for hydroxylation is 1. The van der Waals surface area contributed by atoms with E-state index in [0.29, 0.717) is 13.2 Å². The molecule has 0 aliphatic heterocycles. The molecular formula is C21H23N3O3S. The minimum Gasteiger partial charge on any atom is -0.489 e. The Morgan fingerprint density at radius 3 is 2.71 bits per heavy atom. The number of hydrogen-bond acceptors (Lipinski definition) is 5. The summed E-state index contributed by atoms with van der Waals surface area (Å²) in [5, 5.41) is 4.78. The van der Waals surface area contributed by atoms with Crippen LogP contribution in [0.25, 0.3) is 0 Å². The zero-order valence-corrected chi connectivity index (χ0v) is 16.7.